The summed E-state index contributed by atoms with van der Waals surface area (Å²) in [6.45, 7) is 11.4. The number of anilines is 1. The Balaban J connectivity index is 0.000000253. The summed E-state index contributed by atoms with van der Waals surface area (Å²) < 4.78 is 26.3. The van der Waals surface area contributed by atoms with Crippen LogP contribution in [-0.4, -0.2) is 13.1 Å². The van der Waals surface area contributed by atoms with Gasteiger partial charge in [0.25, 0.3) is 0 Å². The molecule has 2 aromatic carbocycles. The van der Waals surface area contributed by atoms with E-state index in [1.54, 1.807) is 24.3 Å². The number of hydrogen-bond donors (Lipinski definition) is 3. The van der Waals surface area contributed by atoms with Crippen molar-refractivity contribution in [1.29, 1.82) is 0 Å². The molecule has 5 heteroatoms. The first-order valence-electron chi connectivity index (χ1n) is 10.1. The van der Waals surface area contributed by atoms with Crippen LogP contribution in [0.5, 0.6) is 0 Å². The summed E-state index contributed by atoms with van der Waals surface area (Å²) in [4.78, 5) is 0. The van der Waals surface area contributed by atoms with Gasteiger partial charge in [0.2, 0.25) is 0 Å². The van der Waals surface area contributed by atoms with Crippen molar-refractivity contribution >= 4 is 5.69 Å². The second-order valence-corrected chi connectivity index (χ2v) is 7.25. The number of hydrogen-bond acceptors (Lipinski definition) is 3. The second-order valence-electron chi connectivity index (χ2n) is 7.25. The van der Waals surface area contributed by atoms with Crippen molar-refractivity contribution < 1.29 is 8.78 Å². The van der Waals surface area contributed by atoms with Crippen molar-refractivity contribution in [3.8, 4) is 11.1 Å². The molecule has 1 fully saturated rings. The maximum Gasteiger partial charge on any atom is 0.126 e. The predicted octanol–water partition coefficient (Wildman–Crippen LogP) is 5.82. The molecule has 3 nitrogen and oxygen atoms in total. The summed E-state index contributed by atoms with van der Waals surface area (Å²) in [5.41, 5.74) is 9.47. The summed E-state index contributed by atoms with van der Waals surface area (Å²) in [5.74, 6) is -0.362. The molecule has 156 valence electrons. The molecule has 0 aromatic heterocycles. The highest BCUT2D eigenvalue weighted by Crippen LogP contribution is 2.33. The standard InChI is InChI=1S/C15H14F2N2.C9H17N/c1-10(9-18)19-15-4-2-11(3-5-15)12-6-13(16)8-14(17)7-12;1-3-4-7-10-8(2)9-5-6-9/h2-8,19H,1,9,18H2;9-10H,2-7H2,1H3. The summed E-state index contributed by atoms with van der Waals surface area (Å²) in [5, 5.41) is 6.38. The van der Waals surface area contributed by atoms with E-state index in [0.29, 0.717) is 17.8 Å². The van der Waals surface area contributed by atoms with Crippen LogP contribution in [0.2, 0.25) is 0 Å². The molecule has 0 atom stereocenters. The lowest BCUT2D eigenvalue weighted by Gasteiger charge is -2.08. The number of unbranched alkanes of at least 4 members (excludes halogenated alkanes) is 1. The molecule has 0 amide bonds. The average molecular weight is 400 g/mol. The largest absolute Gasteiger partial charge is 0.389 e. The minimum Gasteiger partial charge on any atom is -0.389 e. The molecule has 2 aromatic rings. The Morgan fingerprint density at radius 2 is 1.66 bits per heavy atom. The highest BCUT2D eigenvalue weighted by Gasteiger charge is 2.23. The molecule has 4 N–H and O–H groups in total. The molecule has 0 aliphatic heterocycles. The van der Waals surface area contributed by atoms with Gasteiger partial charge in [0.15, 0.2) is 0 Å². The van der Waals surface area contributed by atoms with Crippen molar-refractivity contribution in [2.75, 3.05) is 18.4 Å². The van der Waals surface area contributed by atoms with Gasteiger partial charge in [0.05, 0.1) is 0 Å². The number of allylic oxidation sites excluding steroid dienone is 1. The van der Waals surface area contributed by atoms with Crippen molar-refractivity contribution in [3.05, 3.63) is 78.7 Å². The number of halogens is 2. The van der Waals surface area contributed by atoms with Gasteiger partial charge in [0.1, 0.15) is 11.6 Å². The van der Waals surface area contributed by atoms with Crippen LogP contribution in [0.3, 0.4) is 0 Å². The molecule has 0 unspecified atom stereocenters. The molecule has 0 spiro atoms. The molecular weight excluding hydrogens is 368 g/mol. The van der Waals surface area contributed by atoms with Gasteiger partial charge in [-0.15, -0.1) is 0 Å². The molecule has 0 heterocycles. The molecule has 3 rings (SSSR count). The van der Waals surface area contributed by atoms with Crippen LogP contribution in [0.25, 0.3) is 11.1 Å². The topological polar surface area (TPSA) is 50.1 Å². The van der Waals surface area contributed by atoms with E-state index in [2.05, 4.69) is 30.7 Å². The predicted molar refractivity (Wildman–Crippen MR) is 118 cm³/mol. The van der Waals surface area contributed by atoms with Gasteiger partial charge < -0.3 is 16.4 Å². The number of rotatable bonds is 9. The quantitative estimate of drug-likeness (QED) is 0.466. The fourth-order valence-electron chi connectivity index (χ4n) is 2.72. The Morgan fingerprint density at radius 1 is 1.03 bits per heavy atom. The summed E-state index contributed by atoms with van der Waals surface area (Å²) in [6, 6.07) is 10.6. The summed E-state index contributed by atoms with van der Waals surface area (Å²) in [7, 11) is 0. The van der Waals surface area contributed by atoms with Crippen LogP contribution in [-0.2, 0) is 0 Å². The van der Waals surface area contributed by atoms with Gasteiger partial charge in [-0.05, 0) is 60.6 Å². The molecule has 0 saturated heterocycles. The van der Waals surface area contributed by atoms with E-state index >= 15 is 0 Å². The van der Waals surface area contributed by atoms with E-state index in [0.717, 1.165) is 29.8 Å². The number of nitrogens with one attached hydrogen (secondary N) is 2. The third-order valence-corrected chi connectivity index (χ3v) is 4.60. The van der Waals surface area contributed by atoms with Crippen molar-refractivity contribution in [3.63, 3.8) is 0 Å². The van der Waals surface area contributed by atoms with Gasteiger partial charge in [-0.25, -0.2) is 8.78 Å². The first kappa shape index (κ1) is 22.6. The van der Waals surface area contributed by atoms with Gasteiger partial charge in [-0.1, -0.05) is 38.6 Å². The lowest BCUT2D eigenvalue weighted by Crippen LogP contribution is -2.14. The van der Waals surface area contributed by atoms with Gasteiger partial charge in [0, 0.05) is 36.2 Å². The molecule has 1 saturated carbocycles. The first-order chi connectivity index (χ1) is 13.9. The first-order valence-corrected chi connectivity index (χ1v) is 10.1. The zero-order valence-electron chi connectivity index (χ0n) is 17.1. The minimum atomic E-state index is -0.589. The molecule has 1 aliphatic carbocycles. The fraction of sp³-hybridized carbons (Fsp3) is 0.333. The third kappa shape index (κ3) is 8.08. The normalized spacial score (nSPS) is 12.6. The van der Waals surface area contributed by atoms with E-state index in [1.165, 1.54) is 43.5 Å². The highest BCUT2D eigenvalue weighted by atomic mass is 19.1. The van der Waals surface area contributed by atoms with Gasteiger partial charge in [-0.2, -0.15) is 0 Å². The van der Waals surface area contributed by atoms with Crippen LogP contribution < -0.4 is 16.4 Å². The lowest BCUT2D eigenvalue weighted by molar-refractivity contribution is 0.584. The van der Waals surface area contributed by atoms with Gasteiger partial charge in [-0.3, -0.25) is 0 Å². The zero-order chi connectivity index (χ0) is 21.2. The van der Waals surface area contributed by atoms with Crippen LogP contribution in [0, 0.1) is 17.6 Å². The number of benzene rings is 2. The molecule has 29 heavy (non-hydrogen) atoms. The second kappa shape index (κ2) is 11.4. The van der Waals surface area contributed by atoms with E-state index in [4.69, 9.17) is 5.73 Å². The zero-order valence-corrected chi connectivity index (χ0v) is 17.1. The summed E-state index contributed by atoms with van der Waals surface area (Å²) in [6.07, 6.45) is 5.26. The summed E-state index contributed by atoms with van der Waals surface area (Å²) >= 11 is 0. The molecule has 0 radical (unpaired) electrons. The monoisotopic (exact) mass is 399 g/mol. The van der Waals surface area contributed by atoms with Crippen LogP contribution in [0.4, 0.5) is 14.5 Å². The smallest absolute Gasteiger partial charge is 0.126 e. The molecular formula is C24H31F2N3. The van der Waals surface area contributed by atoms with E-state index < -0.39 is 11.6 Å². The van der Waals surface area contributed by atoms with Crippen LogP contribution in [0.15, 0.2) is 67.0 Å². The van der Waals surface area contributed by atoms with Crippen LogP contribution >= 0.6 is 0 Å². The van der Waals surface area contributed by atoms with E-state index in [-0.39, 0.29) is 0 Å². The lowest BCUT2D eigenvalue weighted by atomic mass is 10.1. The van der Waals surface area contributed by atoms with E-state index in [1.807, 2.05) is 0 Å². The SMILES string of the molecule is C=C(CN)Nc1ccc(-c2cc(F)cc(F)c2)cc1.C=C(NCCCC)C1CC1. The van der Waals surface area contributed by atoms with Crippen molar-refractivity contribution in [2.45, 2.75) is 32.6 Å². The Kier molecular flexibility index (Phi) is 8.87. The van der Waals surface area contributed by atoms with Crippen LogP contribution in [0.1, 0.15) is 32.6 Å². The maximum absolute atomic E-state index is 13.1. The van der Waals surface area contributed by atoms with Gasteiger partial charge >= 0.3 is 0 Å². The molecule has 0 bridgehead atoms. The number of nitrogens with two attached hydrogens (primary N) is 1. The highest BCUT2D eigenvalue weighted by molar-refractivity contribution is 5.66. The Morgan fingerprint density at radius 3 is 2.17 bits per heavy atom. The Hall–Kier alpha value is -2.66. The maximum atomic E-state index is 13.1. The minimum absolute atomic E-state index is 0.344. The van der Waals surface area contributed by atoms with E-state index in [9.17, 15) is 8.78 Å². The van der Waals surface area contributed by atoms with Crippen molar-refractivity contribution in [1.82, 2.24) is 5.32 Å². The molecule has 1 aliphatic rings. The third-order valence-electron chi connectivity index (χ3n) is 4.60. The Bertz CT molecular complexity index is 791. The van der Waals surface area contributed by atoms with Crippen molar-refractivity contribution in [2.24, 2.45) is 11.7 Å². The average Bonchev–Trinajstić information content (AvgIpc) is 3.54. The fourth-order valence-corrected chi connectivity index (χ4v) is 2.72. The Labute approximate surface area is 172 Å².